The Balaban J connectivity index is 1.48. The van der Waals surface area contributed by atoms with Crippen LogP contribution in [0.4, 0.5) is 0 Å². The number of rotatable bonds is 5. The van der Waals surface area contributed by atoms with Gasteiger partial charge in [0.15, 0.2) is 5.65 Å². The van der Waals surface area contributed by atoms with Crippen LogP contribution in [0.3, 0.4) is 0 Å². The fourth-order valence-corrected chi connectivity index (χ4v) is 3.41. The van der Waals surface area contributed by atoms with Crippen molar-refractivity contribution in [3.8, 4) is 0 Å². The summed E-state index contributed by atoms with van der Waals surface area (Å²) in [5.41, 5.74) is 3.57. The lowest BCUT2D eigenvalue weighted by Gasteiger charge is -2.08. The Morgan fingerprint density at radius 2 is 2.00 bits per heavy atom. The predicted molar refractivity (Wildman–Crippen MR) is 97.3 cm³/mol. The van der Waals surface area contributed by atoms with Crippen LogP contribution in [0, 0.1) is 0 Å². The van der Waals surface area contributed by atoms with Crippen molar-refractivity contribution in [3.05, 3.63) is 66.7 Å². The van der Waals surface area contributed by atoms with E-state index in [0.717, 1.165) is 21.6 Å². The topological polar surface area (TPSA) is 72.2 Å². The molecule has 0 bridgehead atoms. The van der Waals surface area contributed by atoms with E-state index < -0.39 is 0 Å². The van der Waals surface area contributed by atoms with E-state index in [1.165, 1.54) is 11.8 Å². The van der Waals surface area contributed by atoms with Crippen molar-refractivity contribution in [2.75, 3.05) is 5.75 Å². The number of hydrogen-bond acceptors (Lipinski definition) is 5. The van der Waals surface area contributed by atoms with E-state index >= 15 is 0 Å². The van der Waals surface area contributed by atoms with Gasteiger partial charge in [0.25, 0.3) is 0 Å². The molecular weight excluding hydrogens is 334 g/mol. The van der Waals surface area contributed by atoms with Gasteiger partial charge in [-0.1, -0.05) is 17.8 Å². The smallest absolute Gasteiger partial charge is 0.230 e. The summed E-state index contributed by atoms with van der Waals surface area (Å²) in [6.45, 7) is 0.473. The van der Waals surface area contributed by atoms with Crippen LogP contribution in [-0.2, 0) is 11.3 Å². The van der Waals surface area contributed by atoms with E-state index in [1.807, 2.05) is 47.0 Å². The number of nitrogens with one attached hydrogen (secondary N) is 1. The van der Waals surface area contributed by atoms with Crippen molar-refractivity contribution in [1.29, 1.82) is 0 Å². The van der Waals surface area contributed by atoms with Crippen LogP contribution in [0.5, 0.6) is 0 Å². The third-order valence-corrected chi connectivity index (χ3v) is 4.73. The lowest BCUT2D eigenvalue weighted by molar-refractivity contribution is -0.118. The van der Waals surface area contributed by atoms with Crippen molar-refractivity contribution in [3.63, 3.8) is 0 Å². The molecule has 1 amide bonds. The molecule has 7 heteroatoms. The van der Waals surface area contributed by atoms with Gasteiger partial charge >= 0.3 is 0 Å². The lowest BCUT2D eigenvalue weighted by atomic mass is 10.3. The van der Waals surface area contributed by atoms with E-state index in [4.69, 9.17) is 0 Å². The zero-order valence-corrected chi connectivity index (χ0v) is 14.1. The number of aromatic nitrogens is 4. The molecule has 4 aromatic heterocycles. The number of fused-ring (bicyclic) bond motifs is 3. The Labute approximate surface area is 148 Å². The van der Waals surface area contributed by atoms with Gasteiger partial charge in [-0.2, -0.15) is 0 Å². The molecule has 4 rings (SSSR count). The van der Waals surface area contributed by atoms with E-state index in [-0.39, 0.29) is 5.91 Å². The molecule has 124 valence electrons. The van der Waals surface area contributed by atoms with Crippen LogP contribution in [0.25, 0.3) is 16.7 Å². The third kappa shape index (κ3) is 3.32. The van der Waals surface area contributed by atoms with Gasteiger partial charge in [0, 0.05) is 31.3 Å². The summed E-state index contributed by atoms with van der Waals surface area (Å²) in [6, 6.07) is 11.6. The Bertz CT molecular complexity index is 1030. The van der Waals surface area contributed by atoms with Gasteiger partial charge in [-0.25, -0.2) is 9.97 Å². The van der Waals surface area contributed by atoms with E-state index in [9.17, 15) is 4.79 Å². The summed E-state index contributed by atoms with van der Waals surface area (Å²) in [6.07, 6.45) is 7.16. The number of carbonyl (C=O) groups excluding carboxylic acids is 1. The number of amides is 1. The first kappa shape index (κ1) is 15.6. The Morgan fingerprint density at radius 3 is 2.88 bits per heavy atom. The highest BCUT2D eigenvalue weighted by Gasteiger charge is 2.11. The molecule has 25 heavy (non-hydrogen) atoms. The maximum Gasteiger partial charge on any atom is 0.230 e. The van der Waals surface area contributed by atoms with E-state index in [2.05, 4.69) is 20.3 Å². The van der Waals surface area contributed by atoms with Crippen LogP contribution < -0.4 is 5.32 Å². The third-order valence-electron chi connectivity index (χ3n) is 3.75. The van der Waals surface area contributed by atoms with Gasteiger partial charge in [0.1, 0.15) is 5.03 Å². The Kier molecular flexibility index (Phi) is 4.30. The standard InChI is InChI=1S/C18H15N5OS/c24-16(21-11-13-4-1-7-19-10-13)12-25-18-15-6-3-9-23(15)14-5-2-8-20-17(14)22-18/h1-10H,11-12H2,(H,21,24). The molecule has 0 atom stereocenters. The Morgan fingerprint density at radius 1 is 1.12 bits per heavy atom. The number of nitrogens with zero attached hydrogens (tertiary/aromatic N) is 4. The van der Waals surface area contributed by atoms with Gasteiger partial charge in [-0.15, -0.1) is 0 Å². The largest absolute Gasteiger partial charge is 0.351 e. The van der Waals surface area contributed by atoms with Gasteiger partial charge in [0.05, 0.1) is 16.8 Å². The molecule has 0 radical (unpaired) electrons. The highest BCUT2D eigenvalue weighted by molar-refractivity contribution is 8.00. The summed E-state index contributed by atoms with van der Waals surface area (Å²) >= 11 is 1.41. The van der Waals surface area contributed by atoms with E-state index in [1.54, 1.807) is 18.6 Å². The second kappa shape index (κ2) is 6.90. The maximum absolute atomic E-state index is 12.1. The van der Waals surface area contributed by atoms with Crippen molar-refractivity contribution in [2.45, 2.75) is 11.6 Å². The normalized spacial score (nSPS) is 11.0. The summed E-state index contributed by atoms with van der Waals surface area (Å²) in [4.78, 5) is 25.1. The molecule has 0 saturated carbocycles. The van der Waals surface area contributed by atoms with Crippen LogP contribution in [0.15, 0.2) is 66.2 Å². The molecule has 4 aromatic rings. The average molecular weight is 349 g/mol. The summed E-state index contributed by atoms with van der Waals surface area (Å²) < 4.78 is 2.05. The quantitative estimate of drug-likeness (QED) is 0.561. The monoisotopic (exact) mass is 349 g/mol. The minimum absolute atomic E-state index is 0.0403. The van der Waals surface area contributed by atoms with Crippen LogP contribution in [0.1, 0.15) is 5.56 Å². The van der Waals surface area contributed by atoms with Gasteiger partial charge in [0.2, 0.25) is 5.91 Å². The highest BCUT2D eigenvalue weighted by atomic mass is 32.2. The van der Waals surface area contributed by atoms with Gasteiger partial charge < -0.3 is 9.72 Å². The molecule has 0 aliphatic rings. The van der Waals surface area contributed by atoms with Crippen LogP contribution >= 0.6 is 11.8 Å². The fraction of sp³-hybridized carbons (Fsp3) is 0.111. The van der Waals surface area contributed by atoms with E-state index in [0.29, 0.717) is 17.9 Å². The van der Waals surface area contributed by atoms with Gasteiger partial charge in [-0.05, 0) is 35.9 Å². The average Bonchev–Trinajstić information content (AvgIpc) is 3.15. The second-order valence-electron chi connectivity index (χ2n) is 5.45. The minimum Gasteiger partial charge on any atom is -0.351 e. The van der Waals surface area contributed by atoms with Crippen molar-refractivity contribution in [1.82, 2.24) is 24.7 Å². The first-order valence-electron chi connectivity index (χ1n) is 7.81. The molecule has 0 spiro atoms. The molecule has 0 aromatic carbocycles. The Hall–Kier alpha value is -2.93. The molecule has 1 N–H and O–H groups in total. The number of carbonyl (C=O) groups is 1. The highest BCUT2D eigenvalue weighted by Crippen LogP contribution is 2.25. The molecule has 0 aliphatic heterocycles. The molecule has 4 heterocycles. The second-order valence-corrected chi connectivity index (χ2v) is 6.42. The number of thioether (sulfide) groups is 1. The zero-order chi connectivity index (χ0) is 17.1. The molecule has 6 nitrogen and oxygen atoms in total. The SMILES string of the molecule is O=C(CSc1nc2ncccc2n2cccc12)NCc1cccnc1. The number of hydrogen-bond donors (Lipinski definition) is 1. The molecular formula is C18H15N5OS. The molecule has 0 aliphatic carbocycles. The first-order chi connectivity index (χ1) is 12.3. The molecule has 0 unspecified atom stereocenters. The van der Waals surface area contributed by atoms with Crippen LogP contribution in [0.2, 0.25) is 0 Å². The van der Waals surface area contributed by atoms with Crippen molar-refractivity contribution in [2.24, 2.45) is 0 Å². The first-order valence-corrected chi connectivity index (χ1v) is 8.80. The minimum atomic E-state index is -0.0403. The van der Waals surface area contributed by atoms with Gasteiger partial charge in [-0.3, -0.25) is 9.78 Å². The summed E-state index contributed by atoms with van der Waals surface area (Å²) in [7, 11) is 0. The number of pyridine rings is 2. The summed E-state index contributed by atoms with van der Waals surface area (Å²) in [5.74, 6) is 0.258. The fourth-order valence-electron chi connectivity index (χ4n) is 2.58. The molecule has 0 fully saturated rings. The maximum atomic E-state index is 12.1. The summed E-state index contributed by atoms with van der Waals surface area (Å²) in [5, 5.41) is 3.70. The van der Waals surface area contributed by atoms with Crippen LogP contribution in [-0.4, -0.2) is 31.0 Å². The zero-order valence-electron chi connectivity index (χ0n) is 13.3. The molecule has 0 saturated heterocycles. The van der Waals surface area contributed by atoms with Crippen molar-refractivity contribution >= 4 is 34.3 Å². The lowest BCUT2D eigenvalue weighted by Crippen LogP contribution is -2.24. The predicted octanol–water partition coefficient (Wildman–Crippen LogP) is 2.69. The van der Waals surface area contributed by atoms with Crippen molar-refractivity contribution < 1.29 is 4.79 Å².